The van der Waals surface area contributed by atoms with E-state index in [1.807, 2.05) is 44.2 Å². The summed E-state index contributed by atoms with van der Waals surface area (Å²) in [4.78, 5) is 51.6. The van der Waals surface area contributed by atoms with Crippen molar-refractivity contribution in [1.29, 1.82) is 0 Å². The van der Waals surface area contributed by atoms with Gasteiger partial charge in [0.1, 0.15) is 5.60 Å². The van der Waals surface area contributed by atoms with Crippen molar-refractivity contribution in [2.45, 2.75) is 84.8 Å². The summed E-state index contributed by atoms with van der Waals surface area (Å²) in [5.41, 5.74) is -0.163. The third kappa shape index (κ3) is 10.0. The van der Waals surface area contributed by atoms with Gasteiger partial charge in [0.05, 0.1) is 12.1 Å². The van der Waals surface area contributed by atoms with Gasteiger partial charge >= 0.3 is 5.97 Å². The highest BCUT2D eigenvalue weighted by atomic mass is 16.7. The van der Waals surface area contributed by atoms with Crippen molar-refractivity contribution >= 4 is 34.3 Å². The number of amides is 2. The molecule has 2 aromatic carbocycles. The minimum atomic E-state index is -0.793. The zero-order valence-electron chi connectivity index (χ0n) is 24.9. The Morgan fingerprint density at radius 1 is 0.875 bits per heavy atom. The maximum absolute atomic E-state index is 13.3. The molecule has 0 heterocycles. The number of rotatable bonds is 14. The number of fused-ring (bicyclic) bond motifs is 1. The zero-order valence-corrected chi connectivity index (χ0v) is 24.9. The lowest BCUT2D eigenvalue weighted by Crippen LogP contribution is -2.49. The number of benzene rings is 2. The molecule has 0 radical (unpaired) electrons. The molecule has 0 aliphatic rings. The van der Waals surface area contributed by atoms with Crippen LogP contribution in [0, 0.1) is 11.8 Å². The van der Waals surface area contributed by atoms with Crippen LogP contribution >= 0.6 is 0 Å². The van der Waals surface area contributed by atoms with Crippen LogP contribution in [-0.2, 0) is 28.6 Å². The topological polar surface area (TPSA) is 120 Å². The third-order valence-corrected chi connectivity index (χ3v) is 6.47. The molecule has 2 aromatic rings. The molecule has 0 unspecified atom stereocenters. The van der Waals surface area contributed by atoms with E-state index in [0.717, 1.165) is 10.8 Å². The molecule has 2 N–H and O–H groups in total. The molecule has 0 aliphatic carbocycles. The predicted octanol–water partition coefficient (Wildman–Crippen LogP) is 4.42. The Balaban J connectivity index is 2.04. The fraction of sp³-hybridized carbons (Fsp3) is 0.548. The largest absolute Gasteiger partial charge is 0.460 e. The highest BCUT2D eigenvalue weighted by Gasteiger charge is 2.31. The number of nitrogens with one attached hydrogen (secondary N) is 2. The smallest absolute Gasteiger partial charge is 0.306 e. The highest BCUT2D eigenvalue weighted by molar-refractivity contribution is 6.01. The summed E-state index contributed by atoms with van der Waals surface area (Å²) in [6, 6.07) is 11.7. The summed E-state index contributed by atoms with van der Waals surface area (Å²) in [5, 5.41) is 7.66. The standard InChI is InChI=1S/C31H44N2O7/c1-19(2)27(33-29(37)23-14-13-21-11-9-10-12-22(21)18-23)25(34)17-20(3)28(36)32-24(30(38-7)39-8)15-16-26(35)40-31(4,5)6/h9-14,18-20,24,27,30H,15-17H2,1-8H3,(H,32,36)(H,33,37)/t20-,24-,27-/m0/s1. The molecule has 0 saturated carbocycles. The summed E-state index contributed by atoms with van der Waals surface area (Å²) in [7, 11) is 2.89. The minimum absolute atomic E-state index is 0.0506. The maximum atomic E-state index is 13.3. The first kappa shape index (κ1) is 32.9. The van der Waals surface area contributed by atoms with E-state index in [1.54, 1.807) is 39.8 Å². The fourth-order valence-electron chi connectivity index (χ4n) is 4.39. The summed E-state index contributed by atoms with van der Waals surface area (Å²) < 4.78 is 16.0. The summed E-state index contributed by atoms with van der Waals surface area (Å²) in [6.45, 7) is 10.7. The Labute approximate surface area is 237 Å². The van der Waals surface area contributed by atoms with Crippen LogP contribution < -0.4 is 10.6 Å². The lowest BCUT2D eigenvalue weighted by molar-refractivity contribution is -0.157. The lowest BCUT2D eigenvalue weighted by atomic mass is 9.92. The zero-order chi connectivity index (χ0) is 30.0. The summed E-state index contributed by atoms with van der Waals surface area (Å²) in [5.74, 6) is -2.25. The van der Waals surface area contributed by atoms with Gasteiger partial charge in [-0.3, -0.25) is 19.2 Å². The van der Waals surface area contributed by atoms with Crippen molar-refractivity contribution in [1.82, 2.24) is 10.6 Å². The van der Waals surface area contributed by atoms with E-state index in [1.165, 1.54) is 14.2 Å². The summed E-state index contributed by atoms with van der Waals surface area (Å²) in [6.07, 6.45) is -0.589. The molecule has 0 bridgehead atoms. The normalized spacial score (nSPS) is 14.1. The molecule has 0 aliphatic heterocycles. The van der Waals surface area contributed by atoms with Gasteiger partial charge in [0.25, 0.3) is 5.91 Å². The Morgan fingerprint density at radius 3 is 2.08 bits per heavy atom. The van der Waals surface area contributed by atoms with Gasteiger partial charge in [0.2, 0.25) is 5.91 Å². The first-order valence-corrected chi connectivity index (χ1v) is 13.7. The monoisotopic (exact) mass is 556 g/mol. The predicted molar refractivity (Wildman–Crippen MR) is 154 cm³/mol. The number of hydrogen-bond acceptors (Lipinski definition) is 7. The maximum Gasteiger partial charge on any atom is 0.306 e. The molecule has 9 nitrogen and oxygen atoms in total. The van der Waals surface area contributed by atoms with Gasteiger partial charge in [-0.05, 0) is 56.0 Å². The van der Waals surface area contributed by atoms with Crippen LogP contribution in [0.5, 0.6) is 0 Å². The molecule has 0 fully saturated rings. The Morgan fingerprint density at radius 2 is 1.50 bits per heavy atom. The lowest BCUT2D eigenvalue weighted by Gasteiger charge is -2.28. The van der Waals surface area contributed by atoms with Gasteiger partial charge in [-0.25, -0.2) is 0 Å². The third-order valence-electron chi connectivity index (χ3n) is 6.47. The van der Waals surface area contributed by atoms with Crippen molar-refractivity contribution in [3.05, 3.63) is 48.0 Å². The van der Waals surface area contributed by atoms with Crippen LogP contribution in [0.1, 0.15) is 71.2 Å². The number of carbonyl (C=O) groups excluding carboxylic acids is 4. The Kier molecular flexibility index (Phi) is 12.3. The Hall–Kier alpha value is -3.30. The van der Waals surface area contributed by atoms with E-state index in [9.17, 15) is 19.2 Å². The molecule has 0 aromatic heterocycles. The van der Waals surface area contributed by atoms with Crippen molar-refractivity contribution in [2.75, 3.05) is 14.2 Å². The minimum Gasteiger partial charge on any atom is -0.460 e. The van der Waals surface area contributed by atoms with Crippen molar-refractivity contribution in [3.8, 4) is 0 Å². The van der Waals surface area contributed by atoms with Crippen LogP contribution in [-0.4, -0.2) is 61.8 Å². The van der Waals surface area contributed by atoms with Crippen molar-refractivity contribution in [3.63, 3.8) is 0 Å². The fourth-order valence-corrected chi connectivity index (χ4v) is 4.39. The first-order valence-electron chi connectivity index (χ1n) is 13.7. The molecular formula is C31H44N2O7. The second kappa shape index (κ2) is 14.9. The van der Waals surface area contributed by atoms with Crippen LogP contribution in [0.15, 0.2) is 42.5 Å². The van der Waals surface area contributed by atoms with Crippen LogP contribution in [0.4, 0.5) is 0 Å². The van der Waals surface area contributed by atoms with Crippen LogP contribution in [0.2, 0.25) is 0 Å². The van der Waals surface area contributed by atoms with Crippen LogP contribution in [0.3, 0.4) is 0 Å². The number of carbonyl (C=O) groups is 4. The number of hydrogen-bond donors (Lipinski definition) is 2. The van der Waals surface area contributed by atoms with E-state index in [2.05, 4.69) is 10.6 Å². The number of ether oxygens (including phenoxy) is 3. The molecule has 2 amide bonds. The van der Waals surface area contributed by atoms with Gasteiger partial charge in [0, 0.05) is 38.5 Å². The number of Topliss-reactive ketones (excluding diaryl/α,β-unsaturated/α-hetero) is 1. The van der Waals surface area contributed by atoms with E-state index in [4.69, 9.17) is 14.2 Å². The molecule has 0 spiro atoms. The molecule has 220 valence electrons. The molecule has 40 heavy (non-hydrogen) atoms. The van der Waals surface area contributed by atoms with Gasteiger partial charge in [0.15, 0.2) is 12.1 Å². The molecule has 2 rings (SSSR count). The second-order valence-corrected chi connectivity index (χ2v) is 11.4. The van der Waals surface area contributed by atoms with Crippen molar-refractivity contribution < 1.29 is 33.4 Å². The Bertz CT molecular complexity index is 1170. The van der Waals surface area contributed by atoms with Crippen molar-refractivity contribution in [2.24, 2.45) is 11.8 Å². The van der Waals surface area contributed by atoms with Gasteiger partial charge in [-0.1, -0.05) is 51.1 Å². The van der Waals surface area contributed by atoms with E-state index >= 15 is 0 Å². The molecule has 0 saturated heterocycles. The SMILES string of the molecule is COC(OC)[C@H](CCC(=O)OC(C)(C)C)NC(=O)[C@@H](C)CC(=O)[C@@H](NC(=O)c1ccc2ccccc2c1)C(C)C. The van der Waals surface area contributed by atoms with E-state index in [-0.39, 0.29) is 42.8 Å². The van der Waals surface area contributed by atoms with E-state index < -0.39 is 35.9 Å². The first-order chi connectivity index (χ1) is 18.7. The number of esters is 1. The van der Waals surface area contributed by atoms with Gasteiger partial charge in [-0.15, -0.1) is 0 Å². The highest BCUT2D eigenvalue weighted by Crippen LogP contribution is 2.18. The van der Waals surface area contributed by atoms with Gasteiger partial charge < -0.3 is 24.8 Å². The average Bonchev–Trinajstić information content (AvgIpc) is 2.88. The van der Waals surface area contributed by atoms with Crippen LogP contribution in [0.25, 0.3) is 10.8 Å². The molecule has 9 heteroatoms. The quantitative estimate of drug-likeness (QED) is 0.261. The molecular weight excluding hydrogens is 512 g/mol. The van der Waals surface area contributed by atoms with E-state index in [0.29, 0.717) is 5.56 Å². The van der Waals surface area contributed by atoms with Gasteiger partial charge in [-0.2, -0.15) is 0 Å². The number of ketones is 1. The average molecular weight is 557 g/mol. The second-order valence-electron chi connectivity index (χ2n) is 11.4. The molecule has 3 atom stereocenters. The number of methoxy groups -OCH3 is 2. The summed E-state index contributed by atoms with van der Waals surface area (Å²) >= 11 is 0.